The van der Waals surface area contributed by atoms with Gasteiger partial charge in [-0.05, 0) is 17.7 Å². The van der Waals surface area contributed by atoms with Gasteiger partial charge in [-0.25, -0.2) is 4.79 Å². The van der Waals surface area contributed by atoms with Crippen LogP contribution in [0.1, 0.15) is 15.9 Å². The zero-order valence-corrected chi connectivity index (χ0v) is 9.56. The van der Waals surface area contributed by atoms with Gasteiger partial charge in [-0.1, -0.05) is 12.1 Å². The van der Waals surface area contributed by atoms with E-state index in [1.54, 1.807) is 18.2 Å². The number of ether oxygens (including phenoxy) is 1. The number of aromatic carboxylic acids is 1. The predicted octanol–water partition coefficient (Wildman–Crippen LogP) is 0.483. The van der Waals surface area contributed by atoms with Crippen molar-refractivity contribution in [1.29, 1.82) is 0 Å². The minimum atomic E-state index is -0.918. The maximum absolute atomic E-state index is 10.7. The molecule has 17 heavy (non-hydrogen) atoms. The fourth-order valence-electron chi connectivity index (χ4n) is 1.36. The van der Waals surface area contributed by atoms with Crippen LogP contribution in [-0.2, 0) is 11.3 Å². The van der Waals surface area contributed by atoms with Crippen molar-refractivity contribution >= 4 is 5.97 Å². The lowest BCUT2D eigenvalue weighted by molar-refractivity contribution is 0.0696. The van der Waals surface area contributed by atoms with Crippen molar-refractivity contribution in [2.75, 3.05) is 26.4 Å². The first-order valence-electron chi connectivity index (χ1n) is 5.45. The molecule has 5 nitrogen and oxygen atoms in total. The van der Waals surface area contributed by atoms with E-state index in [1.807, 2.05) is 6.07 Å². The van der Waals surface area contributed by atoms with Gasteiger partial charge in [0.25, 0.3) is 0 Å². The molecule has 3 N–H and O–H groups in total. The van der Waals surface area contributed by atoms with Gasteiger partial charge in [0.1, 0.15) is 0 Å². The Bertz CT molecular complexity index is 354. The summed E-state index contributed by atoms with van der Waals surface area (Å²) in [7, 11) is 0. The number of rotatable bonds is 8. The van der Waals surface area contributed by atoms with Gasteiger partial charge in [0.2, 0.25) is 0 Å². The van der Waals surface area contributed by atoms with Crippen LogP contribution in [0.3, 0.4) is 0 Å². The van der Waals surface area contributed by atoms with Gasteiger partial charge in [0.05, 0.1) is 25.4 Å². The van der Waals surface area contributed by atoms with Crippen LogP contribution in [0.5, 0.6) is 0 Å². The smallest absolute Gasteiger partial charge is 0.335 e. The van der Waals surface area contributed by atoms with E-state index in [0.29, 0.717) is 31.9 Å². The van der Waals surface area contributed by atoms with Crippen molar-refractivity contribution in [3.05, 3.63) is 35.4 Å². The molecule has 0 amide bonds. The molecule has 0 atom stereocenters. The Kier molecular flexibility index (Phi) is 6.24. The summed E-state index contributed by atoms with van der Waals surface area (Å²) in [6, 6.07) is 6.80. The first-order valence-corrected chi connectivity index (χ1v) is 5.45. The molecule has 0 radical (unpaired) electrons. The largest absolute Gasteiger partial charge is 0.478 e. The molecule has 0 heterocycles. The molecule has 0 bridgehead atoms. The van der Waals surface area contributed by atoms with Crippen LogP contribution < -0.4 is 5.32 Å². The minimum Gasteiger partial charge on any atom is -0.478 e. The summed E-state index contributed by atoms with van der Waals surface area (Å²) in [5.41, 5.74) is 1.22. The Morgan fingerprint density at radius 2 is 2.18 bits per heavy atom. The van der Waals surface area contributed by atoms with Crippen molar-refractivity contribution in [1.82, 2.24) is 5.32 Å². The third-order valence-corrected chi connectivity index (χ3v) is 2.16. The topological polar surface area (TPSA) is 78.8 Å². The van der Waals surface area contributed by atoms with Gasteiger partial charge in [-0.3, -0.25) is 0 Å². The van der Waals surface area contributed by atoms with E-state index in [2.05, 4.69) is 5.32 Å². The molecule has 0 unspecified atom stereocenters. The van der Waals surface area contributed by atoms with E-state index in [1.165, 1.54) is 0 Å². The number of carboxylic acid groups (broad SMARTS) is 1. The van der Waals surface area contributed by atoms with Crippen LogP contribution in [0.15, 0.2) is 24.3 Å². The lowest BCUT2D eigenvalue weighted by Crippen LogP contribution is -2.20. The molecular weight excluding hydrogens is 222 g/mol. The standard InChI is InChI=1S/C12H17NO4/c14-5-7-17-6-4-13-9-10-2-1-3-11(8-10)12(15)16/h1-3,8,13-14H,4-7,9H2,(H,15,16). The minimum absolute atomic E-state index is 0.0284. The highest BCUT2D eigenvalue weighted by molar-refractivity contribution is 5.87. The highest BCUT2D eigenvalue weighted by Crippen LogP contribution is 2.04. The summed E-state index contributed by atoms with van der Waals surface area (Å²) >= 11 is 0. The lowest BCUT2D eigenvalue weighted by atomic mass is 10.1. The molecular formula is C12H17NO4. The number of aliphatic hydroxyl groups is 1. The SMILES string of the molecule is O=C(O)c1cccc(CNCCOCCO)c1. The van der Waals surface area contributed by atoms with Gasteiger partial charge >= 0.3 is 5.97 Å². The molecule has 94 valence electrons. The average molecular weight is 239 g/mol. The molecule has 0 fully saturated rings. The second kappa shape index (κ2) is 7.78. The Morgan fingerprint density at radius 3 is 2.88 bits per heavy atom. The molecule has 1 aromatic carbocycles. The number of hydrogen-bond donors (Lipinski definition) is 3. The summed E-state index contributed by atoms with van der Waals surface area (Å²) in [4.78, 5) is 10.7. The van der Waals surface area contributed by atoms with Crippen molar-refractivity contribution in [3.63, 3.8) is 0 Å². The van der Waals surface area contributed by atoms with E-state index >= 15 is 0 Å². The average Bonchev–Trinajstić information content (AvgIpc) is 2.34. The molecule has 1 rings (SSSR count). The molecule has 0 aliphatic carbocycles. The zero-order chi connectivity index (χ0) is 12.5. The number of carbonyl (C=O) groups is 1. The molecule has 1 aromatic rings. The van der Waals surface area contributed by atoms with Crippen LogP contribution in [-0.4, -0.2) is 42.5 Å². The van der Waals surface area contributed by atoms with Crippen LogP contribution in [0, 0.1) is 0 Å². The van der Waals surface area contributed by atoms with Gasteiger partial charge in [0, 0.05) is 13.1 Å². The third-order valence-electron chi connectivity index (χ3n) is 2.16. The second-order valence-corrected chi connectivity index (χ2v) is 3.52. The summed E-state index contributed by atoms with van der Waals surface area (Å²) in [5.74, 6) is -0.918. The molecule has 0 saturated carbocycles. The molecule has 0 aromatic heterocycles. The number of hydrogen-bond acceptors (Lipinski definition) is 4. The van der Waals surface area contributed by atoms with E-state index in [9.17, 15) is 4.79 Å². The van der Waals surface area contributed by atoms with Gasteiger partial charge in [-0.15, -0.1) is 0 Å². The lowest BCUT2D eigenvalue weighted by Gasteiger charge is -2.06. The predicted molar refractivity (Wildman–Crippen MR) is 63.0 cm³/mol. The van der Waals surface area contributed by atoms with Gasteiger partial charge in [-0.2, -0.15) is 0 Å². The first kappa shape index (κ1) is 13.6. The Labute approximate surface area is 100 Å². The van der Waals surface area contributed by atoms with E-state index in [0.717, 1.165) is 5.56 Å². The fourth-order valence-corrected chi connectivity index (χ4v) is 1.36. The van der Waals surface area contributed by atoms with E-state index < -0.39 is 5.97 Å². The Hall–Kier alpha value is -1.43. The second-order valence-electron chi connectivity index (χ2n) is 3.52. The van der Waals surface area contributed by atoms with E-state index in [4.69, 9.17) is 14.9 Å². The monoisotopic (exact) mass is 239 g/mol. The molecule has 0 saturated heterocycles. The maximum atomic E-state index is 10.7. The van der Waals surface area contributed by atoms with Crippen LogP contribution in [0.4, 0.5) is 0 Å². The Morgan fingerprint density at radius 1 is 1.35 bits per heavy atom. The summed E-state index contributed by atoms with van der Waals surface area (Å²) in [5, 5.41) is 20.4. The Balaban J connectivity index is 2.27. The fraction of sp³-hybridized carbons (Fsp3) is 0.417. The van der Waals surface area contributed by atoms with Crippen LogP contribution in [0.2, 0.25) is 0 Å². The summed E-state index contributed by atoms with van der Waals surface area (Å²) in [6.45, 7) is 2.16. The summed E-state index contributed by atoms with van der Waals surface area (Å²) in [6.07, 6.45) is 0. The van der Waals surface area contributed by atoms with Crippen LogP contribution >= 0.6 is 0 Å². The first-order chi connectivity index (χ1) is 8.24. The van der Waals surface area contributed by atoms with Crippen molar-refractivity contribution < 1.29 is 19.7 Å². The number of nitrogens with one attached hydrogen (secondary N) is 1. The van der Waals surface area contributed by atoms with Gasteiger partial charge in [0.15, 0.2) is 0 Å². The highest BCUT2D eigenvalue weighted by Gasteiger charge is 2.02. The molecule has 0 spiro atoms. The van der Waals surface area contributed by atoms with Crippen molar-refractivity contribution in [2.45, 2.75) is 6.54 Å². The molecule has 0 aliphatic heterocycles. The van der Waals surface area contributed by atoms with Crippen molar-refractivity contribution in [2.24, 2.45) is 0 Å². The zero-order valence-electron chi connectivity index (χ0n) is 9.56. The normalized spacial score (nSPS) is 10.4. The molecule has 5 heteroatoms. The summed E-state index contributed by atoms with van der Waals surface area (Å²) < 4.78 is 5.08. The number of aliphatic hydroxyl groups excluding tert-OH is 1. The van der Waals surface area contributed by atoms with Crippen molar-refractivity contribution in [3.8, 4) is 0 Å². The maximum Gasteiger partial charge on any atom is 0.335 e. The quantitative estimate of drug-likeness (QED) is 0.575. The van der Waals surface area contributed by atoms with Gasteiger partial charge < -0.3 is 20.3 Å². The molecule has 0 aliphatic rings. The number of benzene rings is 1. The van der Waals surface area contributed by atoms with E-state index in [-0.39, 0.29) is 6.61 Å². The van der Waals surface area contributed by atoms with Crippen LogP contribution in [0.25, 0.3) is 0 Å². The highest BCUT2D eigenvalue weighted by atomic mass is 16.5. The number of carboxylic acids is 1. The third kappa shape index (κ3) is 5.44.